The number of Topliss-reactive ketones (excluding diaryl/α,β-unsaturated/α-hetero) is 1. The minimum absolute atomic E-state index is 0.104. The van der Waals surface area contributed by atoms with E-state index >= 15 is 0 Å². The Morgan fingerprint density at radius 2 is 1.94 bits per heavy atom. The second-order valence-electron chi connectivity index (χ2n) is 8.69. The fourth-order valence-corrected chi connectivity index (χ4v) is 4.37. The lowest BCUT2D eigenvalue weighted by Crippen LogP contribution is -2.29. The van der Waals surface area contributed by atoms with E-state index in [0.29, 0.717) is 28.3 Å². The number of ether oxygens (including phenoxy) is 1. The summed E-state index contributed by atoms with van der Waals surface area (Å²) in [6.07, 6.45) is -0.104. The summed E-state index contributed by atoms with van der Waals surface area (Å²) in [5.41, 5.74) is 6.94. The third-order valence-electron chi connectivity index (χ3n) is 5.77. The van der Waals surface area contributed by atoms with Crippen molar-refractivity contribution >= 4 is 29.2 Å². The van der Waals surface area contributed by atoms with E-state index < -0.39 is 29.4 Å². The highest BCUT2D eigenvalue weighted by Gasteiger charge is 2.48. The van der Waals surface area contributed by atoms with Gasteiger partial charge in [0.2, 0.25) is 0 Å². The zero-order valence-corrected chi connectivity index (χ0v) is 20.0. The predicted octanol–water partition coefficient (Wildman–Crippen LogP) is 3.44. The normalized spacial score (nSPS) is 17.4. The van der Waals surface area contributed by atoms with Gasteiger partial charge in [-0.3, -0.25) is 19.3 Å². The summed E-state index contributed by atoms with van der Waals surface area (Å²) in [4.78, 5) is 42.4. The number of nitrogens with two attached hydrogens (primary N) is 1. The largest absolute Gasteiger partial charge is 0.507 e. The van der Waals surface area contributed by atoms with Crippen molar-refractivity contribution in [3.05, 3.63) is 69.7 Å². The van der Waals surface area contributed by atoms with Crippen LogP contribution in [0, 0.1) is 20.8 Å². The topological polar surface area (TPSA) is 152 Å². The Morgan fingerprint density at radius 3 is 2.51 bits per heavy atom. The molecule has 0 spiro atoms. The molecule has 10 heteroatoms. The maximum Gasteiger partial charge on any atom is 0.301 e. The highest BCUT2D eigenvalue weighted by Crippen LogP contribution is 2.43. The number of H-pyrrole nitrogens is 1. The van der Waals surface area contributed by atoms with Crippen molar-refractivity contribution in [1.82, 2.24) is 10.1 Å². The first-order valence-corrected chi connectivity index (χ1v) is 11.0. The number of carbonyl (C=O) groups is 3. The molecule has 4 rings (SSSR count). The number of nitrogens with zero attached hydrogens (tertiary/aromatic N) is 2. The molecule has 1 aliphatic rings. The molecule has 1 atom stereocenters. The summed E-state index contributed by atoms with van der Waals surface area (Å²) in [7, 11) is 0. The molecular formula is C25H26N4O6. The van der Waals surface area contributed by atoms with Gasteiger partial charge in [0, 0.05) is 17.3 Å². The number of anilines is 1. The van der Waals surface area contributed by atoms with Crippen LogP contribution in [0.5, 0.6) is 5.75 Å². The number of ketones is 1. The number of hydrogen-bond acceptors (Lipinski definition) is 7. The lowest BCUT2D eigenvalue weighted by atomic mass is 9.94. The van der Waals surface area contributed by atoms with Gasteiger partial charge in [-0.2, -0.15) is 0 Å². The van der Waals surface area contributed by atoms with Gasteiger partial charge in [0.05, 0.1) is 17.7 Å². The van der Waals surface area contributed by atoms with Crippen LogP contribution in [0.25, 0.3) is 5.76 Å². The number of aromatic amines is 1. The van der Waals surface area contributed by atoms with Gasteiger partial charge in [-0.1, -0.05) is 17.3 Å². The maximum absolute atomic E-state index is 13.3. The smallest absolute Gasteiger partial charge is 0.301 e. The summed E-state index contributed by atoms with van der Waals surface area (Å²) < 4.78 is 11.0. The number of amides is 2. The van der Waals surface area contributed by atoms with Crippen molar-refractivity contribution in [3.63, 3.8) is 0 Å². The van der Waals surface area contributed by atoms with Crippen molar-refractivity contribution in [1.29, 1.82) is 0 Å². The minimum atomic E-state index is -1.03. The summed E-state index contributed by atoms with van der Waals surface area (Å²) in [5, 5.41) is 15.3. The van der Waals surface area contributed by atoms with Crippen LogP contribution in [-0.2, 0) is 9.59 Å². The average Bonchev–Trinajstić information content (AvgIpc) is 3.41. The quantitative estimate of drug-likeness (QED) is 0.279. The fourth-order valence-electron chi connectivity index (χ4n) is 4.37. The number of benzene rings is 1. The number of rotatable bonds is 6. The molecule has 35 heavy (non-hydrogen) atoms. The van der Waals surface area contributed by atoms with Crippen LogP contribution in [0.2, 0.25) is 0 Å². The molecular weight excluding hydrogens is 452 g/mol. The van der Waals surface area contributed by atoms with E-state index in [1.165, 1.54) is 11.0 Å². The van der Waals surface area contributed by atoms with Crippen LogP contribution in [0.1, 0.15) is 58.5 Å². The number of nitrogens with one attached hydrogen (secondary N) is 1. The fraction of sp³-hybridized carbons (Fsp3) is 0.280. The zero-order valence-electron chi connectivity index (χ0n) is 20.0. The Morgan fingerprint density at radius 1 is 1.23 bits per heavy atom. The summed E-state index contributed by atoms with van der Waals surface area (Å²) in [6.45, 7) is 8.66. The third kappa shape index (κ3) is 4.07. The third-order valence-corrected chi connectivity index (χ3v) is 5.77. The average molecular weight is 479 g/mol. The van der Waals surface area contributed by atoms with E-state index in [0.717, 1.165) is 0 Å². The molecule has 1 unspecified atom stereocenters. The molecule has 1 fully saturated rings. The highest BCUT2D eigenvalue weighted by molar-refractivity contribution is 6.51. The van der Waals surface area contributed by atoms with E-state index in [2.05, 4.69) is 10.1 Å². The molecule has 3 aromatic rings. The second-order valence-corrected chi connectivity index (χ2v) is 8.69. The molecule has 1 aromatic carbocycles. The van der Waals surface area contributed by atoms with Crippen LogP contribution in [0.4, 0.5) is 5.82 Å². The van der Waals surface area contributed by atoms with Crippen molar-refractivity contribution < 1.29 is 28.8 Å². The second kappa shape index (κ2) is 8.79. The van der Waals surface area contributed by atoms with E-state index in [-0.39, 0.29) is 28.8 Å². The number of carbonyl (C=O) groups excluding carboxylic acids is 3. The Bertz CT molecular complexity index is 1380. The van der Waals surface area contributed by atoms with Crippen LogP contribution in [-0.4, -0.2) is 38.9 Å². The molecule has 1 aliphatic heterocycles. The first kappa shape index (κ1) is 23.8. The van der Waals surface area contributed by atoms with Gasteiger partial charge in [-0.15, -0.1) is 0 Å². The first-order valence-electron chi connectivity index (χ1n) is 11.0. The first-order chi connectivity index (χ1) is 16.5. The monoisotopic (exact) mass is 478 g/mol. The Labute approximate surface area is 201 Å². The Kier molecular flexibility index (Phi) is 5.98. The number of primary amides is 1. The summed E-state index contributed by atoms with van der Waals surface area (Å²) in [5.74, 6) is -1.80. The van der Waals surface area contributed by atoms with Crippen LogP contribution >= 0.6 is 0 Å². The molecule has 0 aliphatic carbocycles. The maximum atomic E-state index is 13.3. The molecule has 10 nitrogen and oxygen atoms in total. The van der Waals surface area contributed by atoms with Crippen molar-refractivity contribution in [2.75, 3.05) is 4.90 Å². The van der Waals surface area contributed by atoms with Gasteiger partial charge in [0.1, 0.15) is 23.0 Å². The standard InChI is InChI=1S/C25H26N4O6/c1-11(2)34-16-8-6-7-15(10-16)21-19(22(30)18-13(4)20(24(26)32)27-14(18)5)23(31)25(33)29(21)17-9-12(3)35-28-17/h6-11,21,27,30H,1-5H3,(H2,26,32)/b22-19+. The number of aryl methyl sites for hydroxylation is 2. The summed E-state index contributed by atoms with van der Waals surface area (Å²) in [6, 6.07) is 7.43. The lowest BCUT2D eigenvalue weighted by Gasteiger charge is -2.23. The van der Waals surface area contributed by atoms with E-state index in [1.807, 2.05) is 13.8 Å². The van der Waals surface area contributed by atoms with Crippen LogP contribution < -0.4 is 15.4 Å². The molecule has 1 saturated heterocycles. The van der Waals surface area contributed by atoms with Crippen LogP contribution in [0.15, 0.2) is 40.4 Å². The molecule has 0 bridgehead atoms. The van der Waals surface area contributed by atoms with Gasteiger partial charge in [0.15, 0.2) is 5.82 Å². The molecule has 0 radical (unpaired) electrons. The molecule has 4 N–H and O–H groups in total. The van der Waals surface area contributed by atoms with Gasteiger partial charge in [-0.25, -0.2) is 0 Å². The molecule has 3 heterocycles. The lowest BCUT2D eigenvalue weighted by molar-refractivity contribution is -0.132. The Balaban J connectivity index is 1.98. The van der Waals surface area contributed by atoms with Crippen molar-refractivity contribution in [2.24, 2.45) is 5.73 Å². The molecule has 0 saturated carbocycles. The zero-order chi connectivity index (χ0) is 25.6. The van der Waals surface area contributed by atoms with Gasteiger partial charge >= 0.3 is 5.91 Å². The van der Waals surface area contributed by atoms with Crippen molar-refractivity contribution in [2.45, 2.75) is 46.8 Å². The van der Waals surface area contributed by atoms with Gasteiger partial charge in [-0.05, 0) is 57.9 Å². The number of aliphatic hydroxyl groups excluding tert-OH is 1. The van der Waals surface area contributed by atoms with Gasteiger partial charge in [0.25, 0.3) is 11.7 Å². The van der Waals surface area contributed by atoms with E-state index in [9.17, 15) is 19.5 Å². The van der Waals surface area contributed by atoms with Crippen molar-refractivity contribution in [3.8, 4) is 5.75 Å². The molecule has 182 valence electrons. The molecule has 2 aromatic heterocycles. The van der Waals surface area contributed by atoms with Crippen LogP contribution in [0.3, 0.4) is 0 Å². The predicted molar refractivity (Wildman–Crippen MR) is 127 cm³/mol. The van der Waals surface area contributed by atoms with Gasteiger partial charge < -0.3 is 25.1 Å². The Hall–Kier alpha value is -4.34. The minimum Gasteiger partial charge on any atom is -0.507 e. The van der Waals surface area contributed by atoms with E-state index in [4.69, 9.17) is 15.0 Å². The number of aromatic nitrogens is 2. The number of hydrogen-bond donors (Lipinski definition) is 3. The SMILES string of the molecule is Cc1cc(N2C(=O)C(=O)/C(=C(/O)c3c(C)[nH]c(C(N)=O)c3C)C2c2cccc(OC(C)C)c2)no1. The summed E-state index contributed by atoms with van der Waals surface area (Å²) >= 11 is 0. The highest BCUT2D eigenvalue weighted by atomic mass is 16.5. The molecule has 2 amide bonds. The van der Waals surface area contributed by atoms with E-state index in [1.54, 1.807) is 45.0 Å². The number of aliphatic hydroxyl groups is 1.